The van der Waals surface area contributed by atoms with E-state index >= 15 is 0 Å². The molecule has 86 valence electrons. The van der Waals surface area contributed by atoms with Crippen molar-refractivity contribution in [2.45, 2.75) is 6.92 Å². The molecule has 0 spiro atoms. The summed E-state index contributed by atoms with van der Waals surface area (Å²) in [6.07, 6.45) is 3.65. The van der Waals surface area contributed by atoms with Gasteiger partial charge in [0.2, 0.25) is 0 Å². The lowest BCUT2D eigenvalue weighted by Crippen LogP contribution is -2.26. The summed E-state index contributed by atoms with van der Waals surface area (Å²) >= 11 is 0. The van der Waals surface area contributed by atoms with Gasteiger partial charge < -0.3 is 9.80 Å². The molecule has 3 rings (SSSR count). The predicted molar refractivity (Wildman–Crippen MR) is 69.3 cm³/mol. The first-order chi connectivity index (χ1) is 8.20. The summed E-state index contributed by atoms with van der Waals surface area (Å²) in [5.74, 6) is 1.90. The van der Waals surface area contributed by atoms with Crippen molar-refractivity contribution >= 4 is 23.0 Å². The van der Waals surface area contributed by atoms with Gasteiger partial charge in [-0.2, -0.15) is 0 Å². The van der Waals surface area contributed by atoms with Crippen LogP contribution in [0.25, 0.3) is 0 Å². The summed E-state index contributed by atoms with van der Waals surface area (Å²) < 4.78 is 0. The van der Waals surface area contributed by atoms with Crippen LogP contribution in [0.3, 0.4) is 0 Å². The third-order valence-electron chi connectivity index (χ3n) is 3.20. The molecule has 0 saturated heterocycles. The van der Waals surface area contributed by atoms with E-state index in [2.05, 4.69) is 34.9 Å². The van der Waals surface area contributed by atoms with Gasteiger partial charge in [-0.3, -0.25) is 0 Å². The molecule has 2 aromatic heterocycles. The lowest BCUT2D eigenvalue weighted by atomic mass is 10.1. The van der Waals surface area contributed by atoms with Crippen molar-refractivity contribution < 1.29 is 0 Å². The fourth-order valence-corrected chi connectivity index (χ4v) is 2.33. The van der Waals surface area contributed by atoms with Gasteiger partial charge in [-0.05, 0) is 30.7 Å². The number of anilines is 4. The zero-order valence-corrected chi connectivity index (χ0v) is 10.2. The second-order valence-corrected chi connectivity index (χ2v) is 4.26. The Morgan fingerprint density at radius 2 is 1.71 bits per heavy atom. The molecule has 3 heterocycles. The van der Waals surface area contributed by atoms with Gasteiger partial charge in [0, 0.05) is 26.5 Å². The molecule has 0 atom stereocenters. The predicted octanol–water partition coefficient (Wildman–Crippen LogP) is 2.63. The minimum Gasteiger partial charge on any atom is -0.338 e. The van der Waals surface area contributed by atoms with Crippen LogP contribution in [-0.2, 0) is 0 Å². The molecule has 17 heavy (non-hydrogen) atoms. The van der Waals surface area contributed by atoms with E-state index in [-0.39, 0.29) is 0 Å². The Kier molecular flexibility index (Phi) is 2.04. The van der Waals surface area contributed by atoms with E-state index in [1.54, 1.807) is 0 Å². The Morgan fingerprint density at radius 1 is 0.941 bits per heavy atom. The Balaban J connectivity index is 2.29. The highest BCUT2D eigenvalue weighted by Crippen LogP contribution is 2.44. The third-order valence-corrected chi connectivity index (χ3v) is 3.20. The molecule has 0 N–H and O–H groups in total. The maximum atomic E-state index is 4.45. The van der Waals surface area contributed by atoms with Crippen molar-refractivity contribution in [2.75, 3.05) is 23.9 Å². The van der Waals surface area contributed by atoms with Crippen LogP contribution < -0.4 is 9.80 Å². The molecule has 2 aromatic rings. The quantitative estimate of drug-likeness (QED) is 0.691. The number of nitrogens with zero attached hydrogens (tertiary/aromatic N) is 4. The number of pyridine rings is 2. The molecule has 0 amide bonds. The lowest BCUT2D eigenvalue weighted by Gasteiger charge is -2.35. The van der Waals surface area contributed by atoms with Gasteiger partial charge in [-0.25, -0.2) is 9.97 Å². The molecule has 0 bridgehead atoms. The molecule has 1 aliphatic heterocycles. The van der Waals surface area contributed by atoms with Gasteiger partial charge in [-0.1, -0.05) is 0 Å². The first-order valence-corrected chi connectivity index (χ1v) is 5.58. The first kappa shape index (κ1) is 10.1. The Labute approximate surface area is 101 Å². The van der Waals surface area contributed by atoms with E-state index in [0.717, 1.165) is 23.0 Å². The van der Waals surface area contributed by atoms with E-state index in [1.807, 2.05) is 36.5 Å². The second kappa shape index (κ2) is 3.45. The van der Waals surface area contributed by atoms with Gasteiger partial charge in [0.1, 0.15) is 0 Å². The largest absolute Gasteiger partial charge is 0.338 e. The van der Waals surface area contributed by atoms with Crippen molar-refractivity contribution in [3.8, 4) is 0 Å². The molecule has 0 saturated carbocycles. The number of aromatic nitrogens is 2. The van der Waals surface area contributed by atoms with E-state index < -0.39 is 0 Å². The zero-order chi connectivity index (χ0) is 12.0. The monoisotopic (exact) mass is 226 g/mol. The van der Waals surface area contributed by atoms with Crippen LogP contribution >= 0.6 is 0 Å². The van der Waals surface area contributed by atoms with E-state index in [4.69, 9.17) is 0 Å². The highest BCUT2D eigenvalue weighted by atomic mass is 15.3. The summed E-state index contributed by atoms with van der Waals surface area (Å²) in [7, 11) is 4.06. The molecule has 4 heteroatoms. The Morgan fingerprint density at radius 3 is 2.53 bits per heavy atom. The van der Waals surface area contributed by atoms with Crippen LogP contribution in [0.5, 0.6) is 0 Å². The van der Waals surface area contributed by atoms with Crippen LogP contribution in [0, 0.1) is 6.92 Å². The smallest absolute Gasteiger partial charge is 0.158 e. The second-order valence-electron chi connectivity index (χ2n) is 4.26. The summed E-state index contributed by atoms with van der Waals surface area (Å²) in [6, 6.07) is 6.07. The average Bonchev–Trinajstić information content (AvgIpc) is 2.36. The van der Waals surface area contributed by atoms with Crippen molar-refractivity contribution in [1.29, 1.82) is 0 Å². The number of aryl methyl sites for hydroxylation is 1. The van der Waals surface area contributed by atoms with Gasteiger partial charge in [0.05, 0.1) is 11.4 Å². The normalized spacial score (nSPS) is 13.4. The summed E-state index contributed by atoms with van der Waals surface area (Å²) in [4.78, 5) is 13.1. The molecule has 0 aliphatic carbocycles. The highest BCUT2D eigenvalue weighted by molar-refractivity contribution is 5.90. The SMILES string of the molecule is Cc1ccnc2c1N(C)c1cccnc1N2C. The fourth-order valence-electron chi connectivity index (χ4n) is 2.33. The van der Waals surface area contributed by atoms with E-state index in [1.165, 1.54) is 5.56 Å². The number of rotatable bonds is 0. The molecule has 0 fully saturated rings. The molecule has 0 aromatic carbocycles. The van der Waals surface area contributed by atoms with Crippen molar-refractivity contribution in [1.82, 2.24) is 9.97 Å². The van der Waals surface area contributed by atoms with Crippen LogP contribution in [0.4, 0.5) is 23.0 Å². The maximum Gasteiger partial charge on any atom is 0.158 e. The number of hydrogen-bond acceptors (Lipinski definition) is 4. The molecule has 0 radical (unpaired) electrons. The Bertz CT molecular complexity index is 579. The van der Waals surface area contributed by atoms with Crippen LogP contribution in [0.1, 0.15) is 5.56 Å². The van der Waals surface area contributed by atoms with Crippen molar-refractivity contribution in [3.05, 3.63) is 36.2 Å². The Hall–Kier alpha value is -2.10. The number of hydrogen-bond donors (Lipinski definition) is 0. The lowest BCUT2D eigenvalue weighted by molar-refractivity contribution is 1.00. The van der Waals surface area contributed by atoms with Gasteiger partial charge in [0.25, 0.3) is 0 Å². The fraction of sp³-hybridized carbons (Fsp3) is 0.231. The standard InChI is InChI=1S/C13H14N4/c1-9-6-8-15-13-11(9)16(2)10-5-4-7-14-12(10)17(13)3/h4-8H,1-3H3. The van der Waals surface area contributed by atoms with E-state index in [0.29, 0.717) is 0 Å². The zero-order valence-electron chi connectivity index (χ0n) is 10.2. The molecule has 0 unspecified atom stereocenters. The van der Waals surface area contributed by atoms with Crippen molar-refractivity contribution in [3.63, 3.8) is 0 Å². The van der Waals surface area contributed by atoms with Gasteiger partial charge in [-0.15, -0.1) is 0 Å². The summed E-state index contributed by atoms with van der Waals surface area (Å²) in [5, 5.41) is 0. The molecular weight excluding hydrogens is 212 g/mol. The molecule has 4 nitrogen and oxygen atoms in total. The van der Waals surface area contributed by atoms with Gasteiger partial charge in [0.15, 0.2) is 11.6 Å². The number of fused-ring (bicyclic) bond motifs is 2. The maximum absolute atomic E-state index is 4.45. The average molecular weight is 226 g/mol. The minimum absolute atomic E-state index is 0.945. The van der Waals surface area contributed by atoms with Gasteiger partial charge >= 0.3 is 0 Å². The van der Waals surface area contributed by atoms with Crippen LogP contribution in [0.15, 0.2) is 30.6 Å². The molecule has 1 aliphatic rings. The summed E-state index contributed by atoms with van der Waals surface area (Å²) in [5.41, 5.74) is 3.48. The van der Waals surface area contributed by atoms with E-state index in [9.17, 15) is 0 Å². The highest BCUT2D eigenvalue weighted by Gasteiger charge is 2.26. The molecular formula is C13H14N4. The third kappa shape index (κ3) is 1.30. The topological polar surface area (TPSA) is 32.3 Å². The first-order valence-electron chi connectivity index (χ1n) is 5.58. The summed E-state index contributed by atoms with van der Waals surface area (Å²) in [6.45, 7) is 2.10. The van der Waals surface area contributed by atoms with Crippen LogP contribution in [0.2, 0.25) is 0 Å². The minimum atomic E-state index is 0.945. The van der Waals surface area contributed by atoms with Crippen molar-refractivity contribution in [2.24, 2.45) is 0 Å². The van der Waals surface area contributed by atoms with Crippen LogP contribution in [-0.4, -0.2) is 24.1 Å².